The molecule has 1 saturated carbocycles. The van der Waals surface area contributed by atoms with Gasteiger partial charge in [0.1, 0.15) is 11.6 Å². The standard InChI is InChI=1S/C17H31NO2/c1-5-13-9-6-7-10-14(13)18-12-8-11-15(18)16(19)20-17(2,3)4/h13-15H,5-12H2,1-4H3/t13?,14?,15-/m0/s1. The molecule has 3 heteroatoms. The SMILES string of the molecule is CCC1CCCCC1N1CCC[C@H]1C(=O)OC(C)(C)C. The lowest BCUT2D eigenvalue weighted by molar-refractivity contribution is -0.161. The second-order valence-corrected chi connectivity index (χ2v) is 7.45. The fraction of sp³-hybridized carbons (Fsp3) is 0.941. The first-order chi connectivity index (χ1) is 9.42. The number of rotatable bonds is 3. The van der Waals surface area contributed by atoms with E-state index >= 15 is 0 Å². The number of ether oxygens (including phenoxy) is 1. The van der Waals surface area contributed by atoms with Gasteiger partial charge in [-0.2, -0.15) is 0 Å². The van der Waals surface area contributed by atoms with Crippen molar-refractivity contribution in [3.8, 4) is 0 Å². The van der Waals surface area contributed by atoms with Crippen LogP contribution in [0.2, 0.25) is 0 Å². The van der Waals surface area contributed by atoms with E-state index in [9.17, 15) is 4.79 Å². The van der Waals surface area contributed by atoms with Crippen LogP contribution < -0.4 is 0 Å². The Bertz CT molecular complexity index is 334. The Morgan fingerprint density at radius 3 is 2.50 bits per heavy atom. The van der Waals surface area contributed by atoms with E-state index in [0.717, 1.165) is 25.3 Å². The van der Waals surface area contributed by atoms with Crippen LogP contribution in [0.4, 0.5) is 0 Å². The molecule has 20 heavy (non-hydrogen) atoms. The van der Waals surface area contributed by atoms with Crippen molar-refractivity contribution in [2.45, 2.75) is 90.3 Å². The lowest BCUT2D eigenvalue weighted by Crippen LogP contribution is -2.49. The summed E-state index contributed by atoms with van der Waals surface area (Å²) in [5.74, 6) is 0.766. The van der Waals surface area contributed by atoms with Crippen molar-refractivity contribution in [2.75, 3.05) is 6.54 Å². The van der Waals surface area contributed by atoms with Crippen molar-refractivity contribution in [3.05, 3.63) is 0 Å². The smallest absolute Gasteiger partial charge is 0.323 e. The number of carbonyl (C=O) groups excluding carboxylic acids is 1. The van der Waals surface area contributed by atoms with Crippen LogP contribution >= 0.6 is 0 Å². The molecule has 0 aromatic heterocycles. The normalized spacial score (nSPS) is 32.3. The van der Waals surface area contributed by atoms with E-state index in [-0.39, 0.29) is 17.6 Å². The van der Waals surface area contributed by atoms with Crippen molar-refractivity contribution >= 4 is 5.97 Å². The maximum absolute atomic E-state index is 12.4. The van der Waals surface area contributed by atoms with Gasteiger partial charge in [-0.1, -0.05) is 26.2 Å². The van der Waals surface area contributed by atoms with E-state index in [0.29, 0.717) is 6.04 Å². The second-order valence-electron chi connectivity index (χ2n) is 7.45. The molecule has 0 amide bonds. The van der Waals surface area contributed by atoms with Crippen LogP contribution in [0.1, 0.15) is 72.6 Å². The third-order valence-electron chi connectivity index (χ3n) is 4.79. The third-order valence-corrected chi connectivity index (χ3v) is 4.79. The maximum atomic E-state index is 12.4. The molecule has 0 aromatic rings. The van der Waals surface area contributed by atoms with E-state index in [1.165, 1.54) is 32.1 Å². The monoisotopic (exact) mass is 281 g/mol. The van der Waals surface area contributed by atoms with Crippen LogP contribution in [-0.2, 0) is 9.53 Å². The van der Waals surface area contributed by atoms with Crippen LogP contribution in [-0.4, -0.2) is 35.1 Å². The van der Waals surface area contributed by atoms with Gasteiger partial charge < -0.3 is 4.74 Å². The number of likely N-dealkylation sites (tertiary alicyclic amines) is 1. The first-order valence-corrected chi connectivity index (χ1v) is 8.41. The van der Waals surface area contributed by atoms with Gasteiger partial charge in [-0.25, -0.2) is 0 Å². The molecule has 0 spiro atoms. The van der Waals surface area contributed by atoms with E-state index in [1.54, 1.807) is 0 Å². The minimum atomic E-state index is -0.373. The molecule has 0 bridgehead atoms. The number of esters is 1. The predicted octanol–water partition coefficient (Wildman–Crippen LogP) is 3.76. The molecule has 3 nitrogen and oxygen atoms in total. The van der Waals surface area contributed by atoms with Crippen molar-refractivity contribution in [3.63, 3.8) is 0 Å². The fourth-order valence-corrected chi connectivity index (χ4v) is 3.91. The van der Waals surface area contributed by atoms with Gasteiger partial charge in [0.25, 0.3) is 0 Å². The Labute approximate surface area is 124 Å². The van der Waals surface area contributed by atoms with Crippen molar-refractivity contribution in [2.24, 2.45) is 5.92 Å². The highest BCUT2D eigenvalue weighted by Crippen LogP contribution is 2.35. The molecule has 0 N–H and O–H groups in total. The predicted molar refractivity (Wildman–Crippen MR) is 81.6 cm³/mol. The van der Waals surface area contributed by atoms with Gasteiger partial charge in [-0.3, -0.25) is 9.69 Å². The van der Waals surface area contributed by atoms with Gasteiger partial charge in [-0.05, 0) is 58.9 Å². The summed E-state index contributed by atoms with van der Waals surface area (Å²) in [4.78, 5) is 14.9. The minimum Gasteiger partial charge on any atom is -0.459 e. The summed E-state index contributed by atoms with van der Waals surface area (Å²) in [5.41, 5.74) is -0.373. The zero-order chi connectivity index (χ0) is 14.8. The quantitative estimate of drug-likeness (QED) is 0.738. The minimum absolute atomic E-state index is 0.00423. The summed E-state index contributed by atoms with van der Waals surface area (Å²) in [6.45, 7) is 9.24. The second kappa shape index (κ2) is 6.46. The molecule has 2 unspecified atom stereocenters. The molecule has 1 saturated heterocycles. The van der Waals surface area contributed by atoms with Crippen LogP contribution in [0.25, 0.3) is 0 Å². The van der Waals surface area contributed by atoms with Crippen molar-refractivity contribution in [1.29, 1.82) is 0 Å². The number of hydrogen-bond acceptors (Lipinski definition) is 3. The third kappa shape index (κ3) is 3.75. The maximum Gasteiger partial charge on any atom is 0.323 e. The molecule has 116 valence electrons. The molecule has 2 rings (SSSR count). The Balaban J connectivity index is 2.04. The van der Waals surface area contributed by atoms with Gasteiger partial charge in [0, 0.05) is 6.04 Å². The molecule has 0 radical (unpaired) electrons. The highest BCUT2D eigenvalue weighted by molar-refractivity contribution is 5.76. The zero-order valence-electron chi connectivity index (χ0n) is 13.7. The van der Waals surface area contributed by atoms with Crippen LogP contribution in [0, 0.1) is 5.92 Å². The van der Waals surface area contributed by atoms with Gasteiger partial charge in [-0.15, -0.1) is 0 Å². The Hall–Kier alpha value is -0.570. The molecule has 2 aliphatic rings. The molecule has 1 heterocycles. The first-order valence-electron chi connectivity index (χ1n) is 8.41. The number of carbonyl (C=O) groups is 1. The molecule has 2 fully saturated rings. The average molecular weight is 281 g/mol. The molecule has 0 aromatic carbocycles. The summed E-state index contributed by atoms with van der Waals surface area (Å²) >= 11 is 0. The number of nitrogens with zero attached hydrogens (tertiary/aromatic N) is 1. The summed E-state index contributed by atoms with van der Waals surface area (Å²) in [5, 5.41) is 0. The van der Waals surface area contributed by atoms with Crippen molar-refractivity contribution in [1.82, 2.24) is 4.90 Å². The first kappa shape index (κ1) is 15.8. The Morgan fingerprint density at radius 1 is 1.15 bits per heavy atom. The van der Waals surface area contributed by atoms with E-state index < -0.39 is 0 Å². The summed E-state index contributed by atoms with van der Waals surface area (Å²) in [7, 11) is 0. The van der Waals surface area contributed by atoms with Gasteiger partial charge in [0.05, 0.1) is 0 Å². The van der Waals surface area contributed by atoms with Gasteiger partial charge in [0.2, 0.25) is 0 Å². The fourth-order valence-electron chi connectivity index (χ4n) is 3.91. The largest absolute Gasteiger partial charge is 0.459 e. The lowest BCUT2D eigenvalue weighted by atomic mass is 9.81. The zero-order valence-corrected chi connectivity index (χ0v) is 13.7. The van der Waals surface area contributed by atoms with Crippen LogP contribution in [0.5, 0.6) is 0 Å². The van der Waals surface area contributed by atoms with Gasteiger partial charge >= 0.3 is 5.97 Å². The van der Waals surface area contributed by atoms with Crippen LogP contribution in [0.15, 0.2) is 0 Å². The molecule has 1 aliphatic heterocycles. The molecule has 3 atom stereocenters. The highest BCUT2D eigenvalue weighted by Gasteiger charge is 2.40. The lowest BCUT2D eigenvalue weighted by Gasteiger charge is -2.40. The van der Waals surface area contributed by atoms with Crippen LogP contribution in [0.3, 0.4) is 0 Å². The molecular formula is C17H31NO2. The van der Waals surface area contributed by atoms with E-state index in [4.69, 9.17) is 4.74 Å². The highest BCUT2D eigenvalue weighted by atomic mass is 16.6. The summed E-state index contributed by atoms with van der Waals surface area (Å²) in [6.07, 6.45) is 8.62. The molecular weight excluding hydrogens is 250 g/mol. The summed E-state index contributed by atoms with van der Waals surface area (Å²) in [6, 6.07) is 0.611. The van der Waals surface area contributed by atoms with E-state index in [2.05, 4.69) is 11.8 Å². The topological polar surface area (TPSA) is 29.5 Å². The van der Waals surface area contributed by atoms with Gasteiger partial charge in [0.15, 0.2) is 0 Å². The summed E-state index contributed by atoms with van der Waals surface area (Å²) < 4.78 is 5.63. The Kier molecular flexibility index (Phi) is 5.11. The average Bonchev–Trinajstić information content (AvgIpc) is 2.85. The van der Waals surface area contributed by atoms with Crippen molar-refractivity contribution < 1.29 is 9.53 Å². The molecule has 1 aliphatic carbocycles. The Morgan fingerprint density at radius 2 is 1.85 bits per heavy atom. The van der Waals surface area contributed by atoms with E-state index in [1.807, 2.05) is 20.8 Å². The number of hydrogen-bond donors (Lipinski definition) is 0.